The summed E-state index contributed by atoms with van der Waals surface area (Å²) in [6.45, 7) is 4.55. The van der Waals surface area contributed by atoms with E-state index in [0.717, 1.165) is 28.9 Å². The van der Waals surface area contributed by atoms with Crippen molar-refractivity contribution in [2.75, 3.05) is 32.1 Å². The fraction of sp³-hybridized carbons (Fsp3) is 0.526. The number of aliphatic hydroxyl groups excluding tert-OH is 1. The number of hydrogen-bond acceptors (Lipinski definition) is 5. The van der Waals surface area contributed by atoms with Crippen molar-refractivity contribution in [2.45, 2.75) is 38.3 Å². The summed E-state index contributed by atoms with van der Waals surface area (Å²) in [6, 6.07) is 8.40. The second-order valence-corrected chi connectivity index (χ2v) is 6.62. The summed E-state index contributed by atoms with van der Waals surface area (Å²) in [7, 11) is 1.66. The van der Waals surface area contributed by atoms with E-state index in [1.54, 1.807) is 13.3 Å². The zero-order chi connectivity index (χ0) is 16.9. The van der Waals surface area contributed by atoms with Crippen LogP contribution in [0.5, 0.6) is 5.75 Å². The number of nitrogens with zero attached hydrogens (tertiary/aromatic N) is 2. The third-order valence-corrected chi connectivity index (χ3v) is 4.83. The number of piperidine rings is 1. The minimum absolute atomic E-state index is 0. The van der Waals surface area contributed by atoms with Crippen molar-refractivity contribution in [1.29, 1.82) is 0 Å². The van der Waals surface area contributed by atoms with Gasteiger partial charge in [0.15, 0.2) is 0 Å². The van der Waals surface area contributed by atoms with Gasteiger partial charge in [-0.3, -0.25) is 9.88 Å². The molecule has 2 unspecified atom stereocenters. The summed E-state index contributed by atoms with van der Waals surface area (Å²) in [4.78, 5) is 6.84. The maximum absolute atomic E-state index is 10.4. The van der Waals surface area contributed by atoms with Gasteiger partial charge in [-0.2, -0.15) is 0 Å². The number of anilines is 1. The molecule has 1 aromatic heterocycles. The molecule has 1 saturated heterocycles. The molecule has 1 aliphatic rings. The molecule has 1 aliphatic heterocycles. The molecule has 2 aromatic rings. The maximum atomic E-state index is 10.4. The van der Waals surface area contributed by atoms with Gasteiger partial charge in [0, 0.05) is 36.8 Å². The van der Waals surface area contributed by atoms with Gasteiger partial charge in [-0.15, -0.1) is 24.8 Å². The van der Waals surface area contributed by atoms with Gasteiger partial charge < -0.3 is 15.2 Å². The maximum Gasteiger partial charge on any atom is 0.121 e. The molecule has 2 atom stereocenters. The summed E-state index contributed by atoms with van der Waals surface area (Å²) in [5.74, 6) is 0.789. The molecule has 1 fully saturated rings. The molecule has 0 radical (unpaired) electrons. The molecule has 2 N–H and O–H groups in total. The van der Waals surface area contributed by atoms with Crippen molar-refractivity contribution in [3.05, 3.63) is 30.5 Å². The van der Waals surface area contributed by atoms with E-state index in [-0.39, 0.29) is 24.8 Å². The van der Waals surface area contributed by atoms with Gasteiger partial charge >= 0.3 is 0 Å². The second kappa shape index (κ2) is 10.8. The minimum atomic E-state index is -0.407. The van der Waals surface area contributed by atoms with Crippen LogP contribution in [0, 0.1) is 0 Å². The highest BCUT2D eigenvalue weighted by molar-refractivity contribution is 5.91. The first-order chi connectivity index (χ1) is 11.7. The molecule has 26 heavy (non-hydrogen) atoms. The van der Waals surface area contributed by atoms with Crippen molar-refractivity contribution in [1.82, 2.24) is 9.88 Å². The second-order valence-electron chi connectivity index (χ2n) is 6.62. The number of likely N-dealkylation sites (tertiary alicyclic amines) is 1. The van der Waals surface area contributed by atoms with Crippen LogP contribution < -0.4 is 10.1 Å². The quantitative estimate of drug-likeness (QED) is 0.771. The average molecular weight is 402 g/mol. The van der Waals surface area contributed by atoms with Crippen LogP contribution in [0.25, 0.3) is 10.9 Å². The lowest BCUT2D eigenvalue weighted by molar-refractivity contribution is 0.0801. The first-order valence-electron chi connectivity index (χ1n) is 8.76. The first kappa shape index (κ1) is 22.8. The van der Waals surface area contributed by atoms with E-state index >= 15 is 0 Å². The van der Waals surface area contributed by atoms with E-state index in [9.17, 15) is 5.11 Å². The van der Waals surface area contributed by atoms with E-state index in [1.807, 2.05) is 24.3 Å². The fourth-order valence-electron chi connectivity index (χ4n) is 3.41. The highest BCUT2D eigenvalue weighted by Gasteiger charge is 2.20. The average Bonchev–Trinajstić information content (AvgIpc) is 2.61. The molecule has 2 heterocycles. The van der Waals surface area contributed by atoms with Crippen LogP contribution in [0.2, 0.25) is 0 Å². The molecule has 0 saturated carbocycles. The molecular formula is C19H29Cl2N3O2. The third kappa shape index (κ3) is 5.61. The number of hydrogen-bond donors (Lipinski definition) is 2. The number of rotatable bonds is 6. The Labute approximate surface area is 167 Å². The van der Waals surface area contributed by atoms with E-state index in [1.165, 1.54) is 19.3 Å². The number of aromatic nitrogens is 1. The standard InChI is InChI=1S/C19H27N3O2.2ClH/c1-14-6-3-4-9-22(14)13-16(23)12-21-18-11-17(24-2)10-15-7-5-8-20-19(15)18;;/h5,7-8,10-11,14,16,21,23H,3-4,6,9,12-13H2,1-2H3;2*1H. The molecule has 146 valence electrons. The van der Waals surface area contributed by atoms with Crippen LogP contribution in [0.3, 0.4) is 0 Å². The van der Waals surface area contributed by atoms with Crippen LogP contribution in [-0.2, 0) is 0 Å². The SMILES string of the molecule is COc1cc(NCC(O)CN2CCCCC2C)c2ncccc2c1.Cl.Cl. The highest BCUT2D eigenvalue weighted by Crippen LogP contribution is 2.27. The fourth-order valence-corrected chi connectivity index (χ4v) is 3.41. The van der Waals surface area contributed by atoms with Crippen molar-refractivity contribution < 1.29 is 9.84 Å². The molecule has 0 spiro atoms. The van der Waals surface area contributed by atoms with E-state index in [2.05, 4.69) is 22.1 Å². The third-order valence-electron chi connectivity index (χ3n) is 4.83. The lowest BCUT2D eigenvalue weighted by Crippen LogP contribution is -2.43. The lowest BCUT2D eigenvalue weighted by atomic mass is 10.0. The Hall–Kier alpha value is -1.27. The van der Waals surface area contributed by atoms with Crippen molar-refractivity contribution >= 4 is 41.4 Å². The van der Waals surface area contributed by atoms with E-state index < -0.39 is 6.10 Å². The van der Waals surface area contributed by atoms with Crippen LogP contribution in [-0.4, -0.2) is 53.9 Å². The summed E-state index contributed by atoms with van der Waals surface area (Å²) < 4.78 is 5.37. The zero-order valence-electron chi connectivity index (χ0n) is 15.4. The van der Waals surface area contributed by atoms with Crippen LogP contribution in [0.4, 0.5) is 5.69 Å². The van der Waals surface area contributed by atoms with Gasteiger partial charge in [-0.1, -0.05) is 12.5 Å². The smallest absolute Gasteiger partial charge is 0.121 e. The largest absolute Gasteiger partial charge is 0.497 e. The predicted octanol–water partition coefficient (Wildman–Crippen LogP) is 3.73. The molecular weight excluding hydrogens is 373 g/mol. The normalized spacial score (nSPS) is 18.5. The minimum Gasteiger partial charge on any atom is -0.497 e. The molecule has 0 aliphatic carbocycles. The predicted molar refractivity (Wildman–Crippen MR) is 112 cm³/mol. The van der Waals surface area contributed by atoms with E-state index in [0.29, 0.717) is 19.1 Å². The van der Waals surface area contributed by atoms with Crippen molar-refractivity contribution in [3.63, 3.8) is 0 Å². The molecule has 5 nitrogen and oxygen atoms in total. The van der Waals surface area contributed by atoms with Crippen LogP contribution >= 0.6 is 24.8 Å². The molecule has 1 aromatic carbocycles. The number of β-amino-alcohol motifs (C(OH)–C–C–N with tert-alkyl or cyclic N) is 1. The first-order valence-corrected chi connectivity index (χ1v) is 8.76. The van der Waals surface area contributed by atoms with E-state index in [4.69, 9.17) is 4.74 Å². The summed E-state index contributed by atoms with van der Waals surface area (Å²) in [6.07, 6.45) is 5.13. The number of fused-ring (bicyclic) bond motifs is 1. The Bertz CT molecular complexity index is 687. The molecule has 3 rings (SSSR count). The van der Waals surface area contributed by atoms with Gasteiger partial charge in [0.1, 0.15) is 5.75 Å². The van der Waals surface area contributed by atoms with Crippen LogP contribution in [0.1, 0.15) is 26.2 Å². The highest BCUT2D eigenvalue weighted by atomic mass is 35.5. The number of aliphatic hydroxyl groups is 1. The van der Waals surface area contributed by atoms with Gasteiger partial charge in [0.05, 0.1) is 24.4 Å². The Morgan fingerprint density at radius 3 is 2.88 bits per heavy atom. The number of methoxy groups -OCH3 is 1. The van der Waals surface area contributed by atoms with Crippen LogP contribution in [0.15, 0.2) is 30.5 Å². The van der Waals surface area contributed by atoms with Crippen molar-refractivity contribution in [2.24, 2.45) is 0 Å². The summed E-state index contributed by atoms with van der Waals surface area (Å²) >= 11 is 0. The Balaban J connectivity index is 0.00000169. The topological polar surface area (TPSA) is 57.6 Å². The Morgan fingerprint density at radius 1 is 1.35 bits per heavy atom. The summed E-state index contributed by atoms with van der Waals surface area (Å²) in [5, 5.41) is 14.8. The summed E-state index contributed by atoms with van der Waals surface area (Å²) in [5.41, 5.74) is 1.80. The number of nitrogens with one attached hydrogen (secondary N) is 1. The molecule has 7 heteroatoms. The number of ether oxygens (including phenoxy) is 1. The van der Waals surface area contributed by atoms with Gasteiger partial charge in [-0.25, -0.2) is 0 Å². The lowest BCUT2D eigenvalue weighted by Gasteiger charge is -2.34. The number of pyridine rings is 1. The number of halogens is 2. The zero-order valence-corrected chi connectivity index (χ0v) is 17.0. The number of benzene rings is 1. The van der Waals surface area contributed by atoms with Crippen molar-refractivity contribution in [3.8, 4) is 5.75 Å². The monoisotopic (exact) mass is 401 g/mol. The van der Waals surface area contributed by atoms with Gasteiger partial charge in [-0.05, 0) is 38.4 Å². The molecule has 0 bridgehead atoms. The molecule has 0 amide bonds. The Morgan fingerprint density at radius 2 is 2.15 bits per heavy atom. The van der Waals surface area contributed by atoms with Gasteiger partial charge in [0.25, 0.3) is 0 Å². The Kier molecular flexibility index (Phi) is 9.44. The van der Waals surface area contributed by atoms with Gasteiger partial charge in [0.2, 0.25) is 0 Å².